The van der Waals surface area contributed by atoms with Gasteiger partial charge < -0.3 is 10.2 Å². The maximum absolute atomic E-state index is 13.2. The third-order valence-corrected chi connectivity index (χ3v) is 5.25. The minimum Gasteiger partial charge on any atom is -0.341 e. The number of rotatable bonds is 5. The Bertz CT molecular complexity index is 954. The molecule has 0 spiro atoms. The van der Waals surface area contributed by atoms with Crippen molar-refractivity contribution >= 4 is 17.5 Å². The van der Waals surface area contributed by atoms with Crippen LogP contribution in [-0.4, -0.2) is 29.0 Å². The van der Waals surface area contributed by atoms with Gasteiger partial charge in [-0.3, -0.25) is 4.79 Å². The third-order valence-electron chi connectivity index (χ3n) is 5.25. The number of benzene rings is 2. The molecule has 0 atom stereocenters. The van der Waals surface area contributed by atoms with Gasteiger partial charge in [0.15, 0.2) is 0 Å². The largest absolute Gasteiger partial charge is 0.341 e. The highest BCUT2D eigenvalue weighted by atomic mass is 19.1. The van der Waals surface area contributed by atoms with Crippen LogP contribution in [0.3, 0.4) is 0 Å². The fourth-order valence-electron chi connectivity index (χ4n) is 3.66. The van der Waals surface area contributed by atoms with Gasteiger partial charge in [-0.1, -0.05) is 36.4 Å². The normalized spacial score (nSPS) is 14.6. The Morgan fingerprint density at radius 2 is 1.76 bits per heavy atom. The summed E-state index contributed by atoms with van der Waals surface area (Å²) >= 11 is 0. The summed E-state index contributed by atoms with van der Waals surface area (Å²) in [7, 11) is 0. The van der Waals surface area contributed by atoms with Crippen molar-refractivity contribution in [3.8, 4) is 0 Å². The Morgan fingerprint density at radius 1 is 1.03 bits per heavy atom. The van der Waals surface area contributed by atoms with Crippen LogP contribution in [0, 0.1) is 11.7 Å². The van der Waals surface area contributed by atoms with Gasteiger partial charge in [0.25, 0.3) is 5.91 Å². The van der Waals surface area contributed by atoms with Crippen molar-refractivity contribution in [3.05, 3.63) is 83.9 Å². The van der Waals surface area contributed by atoms with E-state index < -0.39 is 5.82 Å². The van der Waals surface area contributed by atoms with Crippen LogP contribution in [0.25, 0.3) is 0 Å². The topological polar surface area (TPSA) is 58.1 Å². The van der Waals surface area contributed by atoms with E-state index in [1.807, 2.05) is 6.07 Å². The Balaban J connectivity index is 1.32. The molecule has 6 heteroatoms. The van der Waals surface area contributed by atoms with Gasteiger partial charge in [0, 0.05) is 31.2 Å². The van der Waals surface area contributed by atoms with Gasteiger partial charge in [0.2, 0.25) is 5.95 Å². The van der Waals surface area contributed by atoms with Gasteiger partial charge in [-0.2, -0.15) is 0 Å². The summed E-state index contributed by atoms with van der Waals surface area (Å²) < 4.78 is 13.2. The number of nitrogens with one attached hydrogen (secondary N) is 1. The quantitative estimate of drug-likeness (QED) is 0.705. The van der Waals surface area contributed by atoms with Gasteiger partial charge in [-0.15, -0.1) is 0 Å². The summed E-state index contributed by atoms with van der Waals surface area (Å²) in [6, 6.07) is 16.4. The number of anilines is 2. The van der Waals surface area contributed by atoms with Crippen LogP contribution in [0.5, 0.6) is 0 Å². The lowest BCUT2D eigenvalue weighted by atomic mass is 9.90. The van der Waals surface area contributed by atoms with Crippen molar-refractivity contribution in [2.75, 3.05) is 23.3 Å². The van der Waals surface area contributed by atoms with Gasteiger partial charge in [0.05, 0.1) is 5.56 Å². The predicted octanol–water partition coefficient (Wildman–Crippen LogP) is 4.33. The van der Waals surface area contributed by atoms with E-state index in [2.05, 4.69) is 44.5 Å². The van der Waals surface area contributed by atoms with Crippen molar-refractivity contribution in [2.45, 2.75) is 19.3 Å². The molecule has 2 heterocycles. The fraction of sp³-hybridized carbons (Fsp3) is 0.261. The van der Waals surface area contributed by atoms with Crippen LogP contribution in [0.2, 0.25) is 0 Å². The van der Waals surface area contributed by atoms with E-state index >= 15 is 0 Å². The Labute approximate surface area is 169 Å². The lowest BCUT2D eigenvalue weighted by Gasteiger charge is -2.32. The van der Waals surface area contributed by atoms with E-state index in [0.29, 0.717) is 23.1 Å². The zero-order valence-corrected chi connectivity index (χ0v) is 16.1. The van der Waals surface area contributed by atoms with Crippen LogP contribution in [0.15, 0.2) is 67.0 Å². The summed E-state index contributed by atoms with van der Waals surface area (Å²) in [5, 5.41) is 2.65. The lowest BCUT2D eigenvalue weighted by molar-refractivity contribution is 0.102. The van der Waals surface area contributed by atoms with Gasteiger partial charge in [-0.25, -0.2) is 14.4 Å². The highest BCUT2D eigenvalue weighted by Gasteiger charge is 2.21. The number of hydrogen-bond donors (Lipinski definition) is 1. The highest BCUT2D eigenvalue weighted by molar-refractivity contribution is 6.03. The molecule has 1 N–H and O–H groups in total. The number of piperidine rings is 1. The average molecular weight is 390 g/mol. The van der Waals surface area contributed by atoms with Gasteiger partial charge in [0.1, 0.15) is 5.82 Å². The minimum absolute atomic E-state index is 0.344. The second-order valence-corrected chi connectivity index (χ2v) is 7.36. The highest BCUT2D eigenvalue weighted by Crippen LogP contribution is 2.24. The van der Waals surface area contributed by atoms with Crippen LogP contribution < -0.4 is 10.2 Å². The molecule has 1 aliphatic rings. The Kier molecular flexibility index (Phi) is 5.79. The molecule has 3 aromatic rings. The Hall–Kier alpha value is -3.28. The molecule has 1 aliphatic heterocycles. The summed E-state index contributed by atoms with van der Waals surface area (Å²) in [6.45, 7) is 1.82. The predicted molar refractivity (Wildman–Crippen MR) is 111 cm³/mol. The van der Waals surface area contributed by atoms with E-state index in [1.165, 1.54) is 30.1 Å². The minimum atomic E-state index is -0.398. The second kappa shape index (κ2) is 8.82. The van der Waals surface area contributed by atoms with Crippen molar-refractivity contribution in [1.29, 1.82) is 0 Å². The third kappa shape index (κ3) is 4.96. The molecule has 0 bridgehead atoms. The first-order valence-corrected chi connectivity index (χ1v) is 9.85. The van der Waals surface area contributed by atoms with Crippen LogP contribution in [-0.2, 0) is 6.42 Å². The zero-order valence-electron chi connectivity index (χ0n) is 16.1. The Morgan fingerprint density at radius 3 is 2.45 bits per heavy atom. The summed E-state index contributed by atoms with van der Waals surface area (Å²) in [6.07, 6.45) is 6.34. The number of nitrogens with zero attached hydrogens (tertiary/aromatic N) is 3. The van der Waals surface area contributed by atoms with Crippen LogP contribution >= 0.6 is 0 Å². The van der Waals surface area contributed by atoms with E-state index in [4.69, 9.17) is 0 Å². The van der Waals surface area contributed by atoms with Crippen molar-refractivity contribution in [3.63, 3.8) is 0 Å². The molecule has 148 valence electrons. The number of carbonyl (C=O) groups is 1. The molecule has 2 aromatic carbocycles. The van der Waals surface area contributed by atoms with E-state index in [-0.39, 0.29) is 5.91 Å². The lowest BCUT2D eigenvalue weighted by Crippen LogP contribution is -2.35. The van der Waals surface area contributed by atoms with E-state index in [1.54, 1.807) is 12.1 Å². The van der Waals surface area contributed by atoms with E-state index in [9.17, 15) is 9.18 Å². The number of halogens is 1. The monoisotopic (exact) mass is 390 g/mol. The van der Waals surface area contributed by atoms with Gasteiger partial charge >= 0.3 is 0 Å². The van der Waals surface area contributed by atoms with Gasteiger partial charge in [-0.05, 0) is 48.9 Å². The molecule has 1 fully saturated rings. The van der Waals surface area contributed by atoms with Crippen molar-refractivity contribution in [1.82, 2.24) is 9.97 Å². The molecule has 5 nitrogen and oxygen atoms in total. The van der Waals surface area contributed by atoms with Crippen LogP contribution in [0.4, 0.5) is 16.0 Å². The summed E-state index contributed by atoms with van der Waals surface area (Å²) in [4.78, 5) is 23.2. The van der Waals surface area contributed by atoms with Crippen LogP contribution in [0.1, 0.15) is 28.8 Å². The first-order chi connectivity index (χ1) is 14.2. The SMILES string of the molecule is O=C(Nc1cccc(F)c1)c1cnc(N2CCC(Cc3ccccc3)CC2)nc1. The first kappa shape index (κ1) is 19.1. The number of aromatic nitrogens is 2. The number of amides is 1. The fourth-order valence-corrected chi connectivity index (χ4v) is 3.66. The number of hydrogen-bond acceptors (Lipinski definition) is 4. The molecule has 29 heavy (non-hydrogen) atoms. The number of carbonyl (C=O) groups excluding carboxylic acids is 1. The molecule has 0 aliphatic carbocycles. The van der Waals surface area contributed by atoms with Crippen molar-refractivity contribution < 1.29 is 9.18 Å². The summed E-state index contributed by atoms with van der Waals surface area (Å²) in [5.74, 6) is 0.559. The molecular weight excluding hydrogens is 367 g/mol. The first-order valence-electron chi connectivity index (χ1n) is 9.85. The standard InChI is InChI=1S/C23H23FN4O/c24-20-7-4-8-21(14-20)27-22(29)19-15-25-23(26-16-19)28-11-9-18(10-12-28)13-17-5-2-1-3-6-17/h1-8,14-16,18H,9-13H2,(H,27,29). The maximum atomic E-state index is 13.2. The molecule has 0 unspecified atom stereocenters. The molecule has 0 saturated carbocycles. The zero-order chi connectivity index (χ0) is 20.1. The molecule has 1 saturated heterocycles. The molecule has 4 rings (SSSR count). The molecular formula is C23H23FN4O. The maximum Gasteiger partial charge on any atom is 0.258 e. The average Bonchev–Trinajstić information content (AvgIpc) is 2.75. The molecule has 1 amide bonds. The smallest absolute Gasteiger partial charge is 0.258 e. The second-order valence-electron chi connectivity index (χ2n) is 7.36. The molecule has 1 aromatic heterocycles. The van der Waals surface area contributed by atoms with Crippen molar-refractivity contribution in [2.24, 2.45) is 5.92 Å². The van der Waals surface area contributed by atoms with E-state index in [0.717, 1.165) is 32.4 Å². The summed E-state index contributed by atoms with van der Waals surface area (Å²) in [5.41, 5.74) is 2.13. The molecule has 0 radical (unpaired) electrons.